The third-order valence-electron chi connectivity index (χ3n) is 2.42. The summed E-state index contributed by atoms with van der Waals surface area (Å²) in [5.41, 5.74) is -2.90. The van der Waals surface area contributed by atoms with Gasteiger partial charge in [0.05, 0.1) is 0 Å². The van der Waals surface area contributed by atoms with Gasteiger partial charge in [0.2, 0.25) is 0 Å². The predicted octanol–water partition coefficient (Wildman–Crippen LogP) is 3.65. The summed E-state index contributed by atoms with van der Waals surface area (Å²) in [6.07, 6.45) is -9.33. The SMILES string of the molecule is CN=C(c1ccc(C(=NC)C(F)(F)F)cc1)C(F)(F)F. The Morgan fingerprint density at radius 2 is 0.950 bits per heavy atom. The Morgan fingerprint density at radius 1 is 0.700 bits per heavy atom. The lowest BCUT2D eigenvalue weighted by atomic mass is 10.0. The van der Waals surface area contributed by atoms with Gasteiger partial charge in [0.25, 0.3) is 0 Å². The maximum absolute atomic E-state index is 12.6. The van der Waals surface area contributed by atoms with Crippen LogP contribution >= 0.6 is 0 Å². The van der Waals surface area contributed by atoms with Gasteiger partial charge in [0.1, 0.15) is 11.4 Å². The van der Waals surface area contributed by atoms with Crippen molar-refractivity contribution in [3.63, 3.8) is 0 Å². The van der Waals surface area contributed by atoms with Gasteiger partial charge >= 0.3 is 12.4 Å². The van der Waals surface area contributed by atoms with Crippen molar-refractivity contribution >= 4 is 11.4 Å². The van der Waals surface area contributed by atoms with E-state index in [4.69, 9.17) is 0 Å². The minimum atomic E-state index is -4.66. The maximum Gasteiger partial charge on any atom is 0.433 e. The largest absolute Gasteiger partial charge is 0.433 e. The Morgan fingerprint density at radius 3 is 1.10 bits per heavy atom. The summed E-state index contributed by atoms with van der Waals surface area (Å²) < 4.78 is 75.5. The van der Waals surface area contributed by atoms with Gasteiger partial charge in [-0.25, -0.2) is 0 Å². The van der Waals surface area contributed by atoms with E-state index in [1.807, 2.05) is 0 Å². The van der Waals surface area contributed by atoms with Crippen molar-refractivity contribution in [2.45, 2.75) is 12.4 Å². The number of benzene rings is 1. The van der Waals surface area contributed by atoms with Crippen LogP contribution in [-0.2, 0) is 0 Å². The minimum absolute atomic E-state index is 0.304. The first-order chi connectivity index (χ1) is 9.11. The van der Waals surface area contributed by atoms with E-state index >= 15 is 0 Å². The quantitative estimate of drug-likeness (QED) is 0.588. The fourth-order valence-electron chi connectivity index (χ4n) is 1.63. The molecular weight excluding hydrogens is 286 g/mol. The molecule has 1 aromatic rings. The minimum Gasteiger partial charge on any atom is -0.283 e. The number of rotatable bonds is 2. The van der Waals surface area contributed by atoms with E-state index in [0.717, 1.165) is 38.4 Å². The zero-order chi connectivity index (χ0) is 15.6. The van der Waals surface area contributed by atoms with Crippen LogP contribution in [-0.4, -0.2) is 37.9 Å². The summed E-state index contributed by atoms with van der Waals surface area (Å²) in [5.74, 6) is 0. The molecule has 0 spiro atoms. The molecule has 0 amide bonds. The summed E-state index contributed by atoms with van der Waals surface area (Å²) in [6, 6.07) is 3.73. The van der Waals surface area contributed by atoms with Gasteiger partial charge in [0.15, 0.2) is 0 Å². The van der Waals surface area contributed by atoms with Gasteiger partial charge < -0.3 is 0 Å². The van der Waals surface area contributed by atoms with E-state index in [1.54, 1.807) is 0 Å². The molecule has 0 saturated heterocycles. The second-order valence-electron chi connectivity index (χ2n) is 3.72. The average molecular weight is 296 g/mol. The van der Waals surface area contributed by atoms with E-state index in [2.05, 4.69) is 9.98 Å². The van der Waals surface area contributed by atoms with Crippen molar-refractivity contribution in [1.29, 1.82) is 0 Å². The maximum atomic E-state index is 12.6. The fourth-order valence-corrected chi connectivity index (χ4v) is 1.63. The van der Waals surface area contributed by atoms with Gasteiger partial charge in [-0.15, -0.1) is 0 Å². The average Bonchev–Trinajstić information content (AvgIpc) is 2.29. The second-order valence-corrected chi connectivity index (χ2v) is 3.72. The van der Waals surface area contributed by atoms with Crippen molar-refractivity contribution in [3.8, 4) is 0 Å². The molecule has 0 atom stereocenters. The summed E-state index contributed by atoms with van der Waals surface area (Å²) in [6.45, 7) is 0. The molecule has 0 fully saturated rings. The lowest BCUT2D eigenvalue weighted by Gasteiger charge is -2.12. The van der Waals surface area contributed by atoms with Gasteiger partial charge in [-0.3, -0.25) is 9.98 Å². The van der Waals surface area contributed by atoms with E-state index in [0.29, 0.717) is 0 Å². The van der Waals surface area contributed by atoms with Crippen LogP contribution in [0.15, 0.2) is 34.3 Å². The highest BCUT2D eigenvalue weighted by Gasteiger charge is 2.38. The Hall–Kier alpha value is -1.86. The lowest BCUT2D eigenvalue weighted by molar-refractivity contribution is -0.0591. The highest BCUT2D eigenvalue weighted by Crippen LogP contribution is 2.25. The van der Waals surface area contributed by atoms with E-state index in [9.17, 15) is 26.3 Å². The van der Waals surface area contributed by atoms with E-state index in [-0.39, 0.29) is 11.1 Å². The number of hydrogen-bond donors (Lipinski definition) is 0. The Kier molecular flexibility index (Phi) is 4.57. The molecule has 0 heterocycles. The summed E-state index contributed by atoms with van der Waals surface area (Å²) >= 11 is 0. The van der Waals surface area contributed by atoms with Gasteiger partial charge in [0, 0.05) is 25.2 Å². The molecule has 0 aliphatic heterocycles. The molecule has 2 nitrogen and oxygen atoms in total. The Balaban J connectivity index is 3.19. The molecule has 1 aromatic carbocycles. The third-order valence-corrected chi connectivity index (χ3v) is 2.42. The molecule has 1 rings (SSSR count). The van der Waals surface area contributed by atoms with Gasteiger partial charge in [-0.2, -0.15) is 26.3 Å². The van der Waals surface area contributed by atoms with Crippen LogP contribution in [0.25, 0.3) is 0 Å². The first-order valence-corrected chi connectivity index (χ1v) is 5.30. The molecule has 20 heavy (non-hydrogen) atoms. The van der Waals surface area contributed by atoms with Crippen molar-refractivity contribution in [1.82, 2.24) is 0 Å². The van der Waals surface area contributed by atoms with Crippen LogP contribution in [0.3, 0.4) is 0 Å². The zero-order valence-electron chi connectivity index (χ0n) is 10.5. The molecule has 0 aromatic heterocycles. The van der Waals surface area contributed by atoms with Crippen LogP contribution in [0.5, 0.6) is 0 Å². The molecule has 0 radical (unpaired) electrons. The molecular formula is C12H10F6N2. The number of alkyl halides is 6. The lowest BCUT2D eigenvalue weighted by Crippen LogP contribution is -2.25. The number of nitrogens with zero attached hydrogens (tertiary/aromatic N) is 2. The molecule has 0 bridgehead atoms. The van der Waals surface area contributed by atoms with Gasteiger partial charge in [-0.05, 0) is 0 Å². The van der Waals surface area contributed by atoms with Crippen LogP contribution in [0.4, 0.5) is 26.3 Å². The standard InChI is InChI=1S/C12H10F6N2/c1-19-9(11(13,14)15)7-3-5-8(6-4-7)10(20-2)12(16,17)18/h3-6H,1-2H3. The predicted molar refractivity (Wildman–Crippen MR) is 63.5 cm³/mol. The first-order valence-electron chi connectivity index (χ1n) is 5.30. The third kappa shape index (κ3) is 3.58. The Labute approximate surface area is 110 Å². The highest BCUT2D eigenvalue weighted by molar-refractivity contribution is 6.07. The van der Waals surface area contributed by atoms with Crippen LogP contribution in [0.1, 0.15) is 11.1 Å². The molecule has 0 aliphatic rings. The summed E-state index contributed by atoms with van der Waals surface area (Å²) in [7, 11) is 1.93. The fraction of sp³-hybridized carbons (Fsp3) is 0.333. The monoisotopic (exact) mass is 296 g/mol. The van der Waals surface area contributed by atoms with Crippen LogP contribution < -0.4 is 0 Å². The topological polar surface area (TPSA) is 24.7 Å². The normalized spacial score (nSPS) is 14.6. The van der Waals surface area contributed by atoms with Gasteiger partial charge in [-0.1, -0.05) is 24.3 Å². The molecule has 0 unspecified atom stereocenters. The smallest absolute Gasteiger partial charge is 0.283 e. The first kappa shape index (κ1) is 16.2. The summed E-state index contributed by atoms with van der Waals surface area (Å²) in [5, 5.41) is 0. The van der Waals surface area contributed by atoms with Crippen LogP contribution in [0.2, 0.25) is 0 Å². The van der Waals surface area contributed by atoms with E-state index < -0.39 is 23.8 Å². The molecule has 0 aliphatic carbocycles. The van der Waals surface area contributed by atoms with Crippen LogP contribution in [0, 0.1) is 0 Å². The number of hydrogen-bond acceptors (Lipinski definition) is 2. The Bertz CT molecular complexity index is 473. The van der Waals surface area contributed by atoms with Crippen molar-refractivity contribution < 1.29 is 26.3 Å². The second kappa shape index (κ2) is 5.64. The van der Waals surface area contributed by atoms with E-state index in [1.165, 1.54) is 0 Å². The zero-order valence-corrected chi connectivity index (χ0v) is 10.5. The van der Waals surface area contributed by atoms with Crippen molar-refractivity contribution in [2.75, 3.05) is 14.1 Å². The molecule has 0 N–H and O–H groups in total. The molecule has 110 valence electrons. The molecule has 0 saturated carbocycles. The summed E-state index contributed by atoms with van der Waals surface area (Å²) in [4.78, 5) is 6.22. The van der Waals surface area contributed by atoms with Crippen molar-refractivity contribution in [2.24, 2.45) is 9.98 Å². The number of halogens is 6. The van der Waals surface area contributed by atoms with Crippen molar-refractivity contribution in [3.05, 3.63) is 35.4 Å². The highest BCUT2D eigenvalue weighted by atomic mass is 19.4. The number of aliphatic imine (C=N–C) groups is 2. The molecule has 8 heteroatoms.